The lowest BCUT2D eigenvalue weighted by Crippen LogP contribution is -2.41. The zero-order valence-corrected chi connectivity index (χ0v) is 13.1. The van der Waals surface area contributed by atoms with E-state index in [-0.39, 0.29) is 18.2 Å². The Bertz CT molecular complexity index is 814. The molecule has 0 radical (unpaired) electrons. The van der Waals surface area contributed by atoms with Crippen molar-refractivity contribution in [2.24, 2.45) is 0 Å². The summed E-state index contributed by atoms with van der Waals surface area (Å²) in [5.41, 5.74) is 0.652. The molecule has 0 saturated heterocycles. The summed E-state index contributed by atoms with van der Waals surface area (Å²) in [6.45, 7) is 0.172. The largest absolute Gasteiger partial charge is 0.349 e. The molecule has 2 aromatic heterocycles. The van der Waals surface area contributed by atoms with E-state index in [4.69, 9.17) is 0 Å². The fraction of sp³-hybridized carbons (Fsp3) is 0.0556. The molecule has 0 spiro atoms. The number of carbonyl (C=O) groups is 2. The molecule has 0 atom stereocenters. The Morgan fingerprint density at radius 1 is 0.957 bits per heavy atom. The fourth-order valence-electron chi connectivity index (χ4n) is 2.18. The average molecular weight is 323 g/mol. The predicted molar refractivity (Wildman–Crippen MR) is 89.7 cm³/mol. The molecule has 0 aliphatic heterocycles. The lowest BCUT2D eigenvalue weighted by Gasteiger charge is -2.05. The average Bonchev–Trinajstić information content (AvgIpc) is 3.12. The van der Waals surface area contributed by atoms with Gasteiger partial charge < -0.3 is 0 Å². The van der Waals surface area contributed by atoms with Crippen molar-refractivity contribution >= 4 is 28.8 Å². The number of thiophene rings is 1. The lowest BCUT2D eigenvalue weighted by molar-refractivity contribution is -0.668. The first kappa shape index (κ1) is 15.1. The minimum absolute atomic E-state index is 0.00609. The lowest BCUT2D eigenvalue weighted by atomic mass is 10.1. The first-order chi connectivity index (χ1) is 11.2. The van der Waals surface area contributed by atoms with Gasteiger partial charge in [0.1, 0.15) is 4.88 Å². The van der Waals surface area contributed by atoms with Crippen LogP contribution >= 0.6 is 11.3 Å². The molecule has 3 rings (SSSR count). The van der Waals surface area contributed by atoms with Crippen LogP contribution in [0.3, 0.4) is 0 Å². The van der Waals surface area contributed by atoms with Gasteiger partial charge in [-0.3, -0.25) is 4.79 Å². The Hall–Kier alpha value is -2.79. The summed E-state index contributed by atoms with van der Waals surface area (Å²) in [5, 5.41) is 4.71. The van der Waals surface area contributed by atoms with Crippen molar-refractivity contribution in [2.75, 3.05) is 5.32 Å². The van der Waals surface area contributed by atoms with Crippen LogP contribution in [0.2, 0.25) is 0 Å². The number of aromatic nitrogens is 1. The van der Waals surface area contributed by atoms with Crippen LogP contribution in [0.15, 0.2) is 72.2 Å². The standard InChI is InChI=1S/C18H14N2O2S/c21-15(14-7-2-1-3-8-14)13-20-11-5-4-10-17(20)19-18(22)16-9-6-12-23-16/h1-12H,13H2/p+1. The topological polar surface area (TPSA) is 50.0 Å². The molecule has 0 bridgehead atoms. The first-order valence-corrected chi connectivity index (χ1v) is 8.03. The van der Waals surface area contributed by atoms with Gasteiger partial charge in [0.25, 0.3) is 5.82 Å². The van der Waals surface area contributed by atoms with Crippen LogP contribution in [0.25, 0.3) is 0 Å². The summed E-state index contributed by atoms with van der Waals surface area (Å²) >= 11 is 1.38. The van der Waals surface area contributed by atoms with Crippen molar-refractivity contribution in [3.05, 3.63) is 82.7 Å². The second-order valence-electron chi connectivity index (χ2n) is 4.93. The predicted octanol–water partition coefficient (Wildman–Crippen LogP) is 3.17. The maximum Gasteiger partial charge on any atom is 0.349 e. The number of amides is 1. The molecule has 0 aliphatic carbocycles. The minimum Gasteiger partial charge on any atom is -0.290 e. The summed E-state index contributed by atoms with van der Waals surface area (Å²) in [4.78, 5) is 25.2. The Balaban J connectivity index is 1.78. The highest BCUT2D eigenvalue weighted by atomic mass is 32.1. The van der Waals surface area contributed by atoms with Crippen LogP contribution in [-0.4, -0.2) is 11.7 Å². The normalized spacial score (nSPS) is 10.3. The van der Waals surface area contributed by atoms with Crippen molar-refractivity contribution in [3.63, 3.8) is 0 Å². The summed E-state index contributed by atoms with van der Waals surface area (Å²) in [6, 6.07) is 18.2. The van der Waals surface area contributed by atoms with Gasteiger partial charge in [0.05, 0.1) is 6.20 Å². The summed E-state index contributed by atoms with van der Waals surface area (Å²) < 4.78 is 1.74. The van der Waals surface area contributed by atoms with Crippen molar-refractivity contribution in [1.82, 2.24) is 0 Å². The highest BCUT2D eigenvalue weighted by molar-refractivity contribution is 7.12. The van der Waals surface area contributed by atoms with Gasteiger partial charge in [-0.25, -0.2) is 14.7 Å². The zero-order chi connectivity index (χ0) is 16.1. The summed E-state index contributed by atoms with van der Waals surface area (Å²) in [5.74, 6) is 0.413. The molecule has 3 aromatic rings. The third kappa shape index (κ3) is 3.70. The molecule has 5 heteroatoms. The number of benzene rings is 1. The van der Waals surface area contributed by atoms with Gasteiger partial charge in [-0.15, -0.1) is 11.3 Å². The molecule has 4 nitrogen and oxygen atoms in total. The summed E-state index contributed by atoms with van der Waals surface area (Å²) in [6.07, 6.45) is 1.78. The van der Waals surface area contributed by atoms with Crippen molar-refractivity contribution in [1.29, 1.82) is 0 Å². The fourth-order valence-corrected chi connectivity index (χ4v) is 2.80. The van der Waals surface area contributed by atoms with Crippen molar-refractivity contribution in [2.45, 2.75) is 6.54 Å². The number of ketones is 1. The monoisotopic (exact) mass is 323 g/mol. The van der Waals surface area contributed by atoms with E-state index in [0.29, 0.717) is 16.3 Å². The van der Waals surface area contributed by atoms with Crippen LogP contribution < -0.4 is 9.88 Å². The Labute approximate surface area is 138 Å². The van der Waals surface area contributed by atoms with Crippen LogP contribution in [-0.2, 0) is 6.54 Å². The van der Waals surface area contributed by atoms with Gasteiger partial charge in [-0.05, 0) is 17.5 Å². The molecule has 0 unspecified atom stereocenters. The number of hydrogen-bond donors (Lipinski definition) is 1. The van der Waals surface area contributed by atoms with E-state index < -0.39 is 0 Å². The number of Topliss-reactive ketones (excluding diaryl/α,β-unsaturated/α-hetero) is 1. The van der Waals surface area contributed by atoms with Crippen LogP contribution in [0.5, 0.6) is 0 Å². The Morgan fingerprint density at radius 2 is 1.74 bits per heavy atom. The van der Waals surface area contributed by atoms with E-state index in [1.165, 1.54) is 11.3 Å². The molecular formula is C18H15N2O2S+. The summed E-state index contributed by atoms with van der Waals surface area (Å²) in [7, 11) is 0. The van der Waals surface area contributed by atoms with Gasteiger partial charge in [0.15, 0.2) is 6.54 Å². The number of pyridine rings is 1. The number of hydrogen-bond acceptors (Lipinski definition) is 3. The van der Waals surface area contributed by atoms with Crippen molar-refractivity contribution in [3.8, 4) is 0 Å². The van der Waals surface area contributed by atoms with Crippen LogP contribution in [0.4, 0.5) is 5.82 Å². The number of nitrogens with one attached hydrogen (secondary N) is 1. The third-order valence-corrected chi connectivity index (χ3v) is 4.21. The maximum atomic E-state index is 12.3. The van der Waals surface area contributed by atoms with Crippen molar-refractivity contribution < 1.29 is 14.2 Å². The smallest absolute Gasteiger partial charge is 0.290 e. The van der Waals surface area contributed by atoms with E-state index in [1.807, 2.05) is 41.8 Å². The molecular weight excluding hydrogens is 308 g/mol. The SMILES string of the molecule is O=C(C[n+]1ccccc1NC(=O)c1cccs1)c1ccccc1. The molecule has 114 valence electrons. The Morgan fingerprint density at radius 3 is 2.48 bits per heavy atom. The van der Waals surface area contributed by atoms with E-state index in [0.717, 1.165) is 0 Å². The van der Waals surface area contributed by atoms with Gasteiger partial charge >= 0.3 is 5.91 Å². The Kier molecular flexibility index (Phi) is 4.59. The molecule has 0 saturated carbocycles. The number of rotatable bonds is 5. The third-order valence-electron chi connectivity index (χ3n) is 3.34. The second-order valence-corrected chi connectivity index (χ2v) is 5.88. The molecule has 0 aliphatic rings. The van der Waals surface area contributed by atoms with E-state index in [2.05, 4.69) is 5.32 Å². The molecule has 2 heterocycles. The highest BCUT2D eigenvalue weighted by Gasteiger charge is 2.18. The maximum absolute atomic E-state index is 12.3. The van der Waals surface area contributed by atoms with Gasteiger partial charge in [-0.2, -0.15) is 0 Å². The minimum atomic E-state index is -0.174. The first-order valence-electron chi connectivity index (χ1n) is 7.15. The molecule has 1 amide bonds. The van der Waals surface area contributed by atoms with E-state index in [9.17, 15) is 9.59 Å². The van der Waals surface area contributed by atoms with Gasteiger partial charge in [0, 0.05) is 11.6 Å². The second kappa shape index (κ2) is 6.98. The molecule has 1 N–H and O–H groups in total. The van der Waals surface area contributed by atoms with E-state index in [1.54, 1.807) is 35.0 Å². The number of carbonyl (C=O) groups excluding carboxylic acids is 2. The van der Waals surface area contributed by atoms with E-state index >= 15 is 0 Å². The molecule has 1 aromatic carbocycles. The molecule has 0 fully saturated rings. The number of nitrogens with zero attached hydrogens (tertiary/aromatic N) is 1. The van der Waals surface area contributed by atoms with Crippen LogP contribution in [0.1, 0.15) is 20.0 Å². The zero-order valence-electron chi connectivity index (χ0n) is 12.3. The van der Waals surface area contributed by atoms with Gasteiger partial charge in [0.2, 0.25) is 5.78 Å². The van der Waals surface area contributed by atoms with Crippen LogP contribution in [0, 0.1) is 0 Å². The quantitative estimate of drug-likeness (QED) is 0.579. The highest BCUT2D eigenvalue weighted by Crippen LogP contribution is 2.11. The van der Waals surface area contributed by atoms with Gasteiger partial charge in [-0.1, -0.05) is 42.5 Å². The number of anilines is 1. The molecule has 23 heavy (non-hydrogen) atoms.